The molecule has 0 aliphatic heterocycles. The van der Waals surface area contributed by atoms with Crippen LogP contribution in [0.2, 0.25) is 0 Å². The second kappa shape index (κ2) is 7.12. The molecule has 0 unspecified atom stereocenters. The molecule has 0 saturated heterocycles. The quantitative estimate of drug-likeness (QED) is 0.521. The number of imidazole rings is 1. The minimum absolute atomic E-state index is 0. The van der Waals surface area contributed by atoms with E-state index in [0.717, 1.165) is 21.3 Å². The molecule has 4 aromatic heterocycles. The van der Waals surface area contributed by atoms with Crippen molar-refractivity contribution in [3.63, 3.8) is 0 Å². The maximum atomic E-state index is 4.78. The fourth-order valence-electron chi connectivity index (χ4n) is 2.29. The summed E-state index contributed by atoms with van der Waals surface area (Å²) in [6, 6.07) is 8.26. The lowest BCUT2D eigenvalue weighted by atomic mass is 10.2. The summed E-state index contributed by atoms with van der Waals surface area (Å²) in [6.45, 7) is 0. The van der Waals surface area contributed by atoms with Crippen LogP contribution in [-0.2, 0) is 0 Å². The van der Waals surface area contributed by atoms with Gasteiger partial charge in [-0.2, -0.15) is 4.98 Å². The van der Waals surface area contributed by atoms with Crippen molar-refractivity contribution < 1.29 is 0 Å². The zero-order valence-electron chi connectivity index (χ0n) is 12.7. The minimum atomic E-state index is 0. The molecule has 4 aromatic rings. The lowest BCUT2D eigenvalue weighted by molar-refractivity contribution is 0.919. The summed E-state index contributed by atoms with van der Waals surface area (Å²) in [6.07, 6.45) is 7.15. The molecule has 4 heterocycles. The van der Waals surface area contributed by atoms with Crippen LogP contribution in [0.5, 0.6) is 0 Å². The van der Waals surface area contributed by atoms with Gasteiger partial charge in [0.1, 0.15) is 12.1 Å². The maximum absolute atomic E-state index is 4.78. The molecule has 0 aromatic carbocycles. The molecule has 0 saturated carbocycles. The van der Waals surface area contributed by atoms with Crippen LogP contribution in [0.1, 0.15) is 0 Å². The van der Waals surface area contributed by atoms with E-state index in [1.54, 1.807) is 35.2 Å². The number of aromatic nitrogens is 4. The van der Waals surface area contributed by atoms with Crippen LogP contribution in [0.25, 0.3) is 16.4 Å². The lowest BCUT2D eigenvalue weighted by Crippen LogP contribution is -2.13. The normalized spacial score (nSPS) is 10.4. The molecule has 24 heavy (non-hydrogen) atoms. The van der Waals surface area contributed by atoms with Crippen molar-refractivity contribution >= 4 is 45.9 Å². The van der Waals surface area contributed by atoms with Gasteiger partial charge in [0, 0.05) is 30.5 Å². The van der Waals surface area contributed by atoms with E-state index < -0.39 is 0 Å². The summed E-state index contributed by atoms with van der Waals surface area (Å²) in [4.78, 5) is 16.6. The lowest BCUT2D eigenvalue weighted by Gasteiger charge is -2.19. The molecule has 8 heteroatoms. The Morgan fingerprint density at radius 3 is 2.62 bits per heavy atom. The Hall–Kier alpha value is -2.22. The summed E-state index contributed by atoms with van der Waals surface area (Å²) >= 11 is 3.37. The number of hydrogen-bond donors (Lipinski definition) is 0. The highest BCUT2D eigenvalue weighted by molar-refractivity contribution is 7.14. The topological polar surface area (TPSA) is 46.8 Å². The monoisotopic (exact) mass is 375 g/mol. The van der Waals surface area contributed by atoms with E-state index in [9.17, 15) is 0 Å². The average Bonchev–Trinajstić information content (AvgIpc) is 3.37. The van der Waals surface area contributed by atoms with E-state index in [4.69, 9.17) is 4.98 Å². The Morgan fingerprint density at radius 1 is 1.12 bits per heavy atom. The number of thiophene rings is 2. The van der Waals surface area contributed by atoms with Crippen molar-refractivity contribution in [1.82, 2.24) is 19.5 Å². The van der Waals surface area contributed by atoms with Gasteiger partial charge in [0.25, 0.3) is 0 Å². The molecule has 0 fully saturated rings. The Bertz CT molecular complexity index is 889. The summed E-state index contributed by atoms with van der Waals surface area (Å²) in [5, 5.41) is 5.26. The largest absolute Gasteiger partial charge is 0.320 e. The number of nitrogens with zero attached hydrogens (tertiary/aromatic N) is 5. The molecule has 0 aliphatic carbocycles. The molecule has 0 spiro atoms. The standard InChI is InChI=1S/C16H13N5S2.ClH/c1-20(14-5-3-9-23-14)15-12(13-4-2-8-22-13)10-18-16(19-15)21-7-6-17-11-21;/h2-11H,1H3;1H. The fourth-order valence-corrected chi connectivity index (χ4v) is 3.72. The molecule has 0 N–H and O–H groups in total. The SMILES string of the molecule is CN(c1cccs1)c1nc(-n2ccnc2)ncc1-c1cccs1.Cl. The highest BCUT2D eigenvalue weighted by Crippen LogP contribution is 2.36. The van der Waals surface area contributed by atoms with Gasteiger partial charge in [-0.05, 0) is 29.0 Å². The van der Waals surface area contributed by atoms with Gasteiger partial charge in [-0.3, -0.25) is 4.57 Å². The van der Waals surface area contributed by atoms with Crippen molar-refractivity contribution in [1.29, 1.82) is 0 Å². The molecule has 0 aliphatic rings. The van der Waals surface area contributed by atoms with Crippen LogP contribution in [-0.4, -0.2) is 26.6 Å². The van der Waals surface area contributed by atoms with Crippen LogP contribution in [0.4, 0.5) is 10.8 Å². The van der Waals surface area contributed by atoms with Crippen molar-refractivity contribution in [2.24, 2.45) is 0 Å². The second-order valence-corrected chi connectivity index (χ2v) is 6.74. The third kappa shape index (κ3) is 3.06. The zero-order chi connectivity index (χ0) is 15.6. The van der Waals surface area contributed by atoms with Gasteiger partial charge < -0.3 is 4.90 Å². The predicted octanol–water partition coefficient (Wildman–Crippen LogP) is 4.64. The van der Waals surface area contributed by atoms with Crippen molar-refractivity contribution in [2.75, 3.05) is 11.9 Å². The van der Waals surface area contributed by atoms with Crippen molar-refractivity contribution in [3.8, 4) is 16.4 Å². The average molecular weight is 376 g/mol. The number of halogens is 1. The first-order chi connectivity index (χ1) is 11.3. The van der Waals surface area contributed by atoms with Gasteiger partial charge in [-0.25, -0.2) is 9.97 Å². The van der Waals surface area contributed by atoms with Gasteiger partial charge in [0.15, 0.2) is 0 Å². The molecular weight excluding hydrogens is 362 g/mol. The maximum Gasteiger partial charge on any atom is 0.236 e. The van der Waals surface area contributed by atoms with Gasteiger partial charge in [-0.15, -0.1) is 35.1 Å². The predicted molar refractivity (Wildman–Crippen MR) is 102 cm³/mol. The van der Waals surface area contributed by atoms with E-state index in [-0.39, 0.29) is 12.4 Å². The van der Waals surface area contributed by atoms with Gasteiger partial charge in [0.2, 0.25) is 5.95 Å². The van der Waals surface area contributed by atoms with E-state index in [2.05, 4.69) is 37.8 Å². The molecule has 0 radical (unpaired) electrons. The summed E-state index contributed by atoms with van der Waals surface area (Å²) in [5.74, 6) is 1.50. The number of anilines is 2. The summed E-state index contributed by atoms with van der Waals surface area (Å²) in [5.41, 5.74) is 1.03. The van der Waals surface area contributed by atoms with Crippen LogP contribution in [0.3, 0.4) is 0 Å². The number of hydrogen-bond acceptors (Lipinski definition) is 6. The van der Waals surface area contributed by atoms with Crippen LogP contribution in [0, 0.1) is 0 Å². The van der Waals surface area contributed by atoms with E-state index in [1.807, 2.05) is 36.1 Å². The minimum Gasteiger partial charge on any atom is -0.320 e. The third-order valence-corrected chi connectivity index (χ3v) is 5.28. The fraction of sp³-hybridized carbons (Fsp3) is 0.0625. The first-order valence-corrected chi connectivity index (χ1v) is 8.75. The van der Waals surface area contributed by atoms with Gasteiger partial charge in [0.05, 0.1) is 10.6 Å². The number of rotatable bonds is 4. The van der Waals surface area contributed by atoms with Crippen molar-refractivity contribution in [2.45, 2.75) is 0 Å². The molecule has 5 nitrogen and oxygen atoms in total. The molecule has 0 atom stereocenters. The Balaban J connectivity index is 0.00000169. The van der Waals surface area contributed by atoms with Crippen LogP contribution >= 0.6 is 35.1 Å². The van der Waals surface area contributed by atoms with Gasteiger partial charge >= 0.3 is 0 Å². The van der Waals surface area contributed by atoms with E-state index >= 15 is 0 Å². The highest BCUT2D eigenvalue weighted by Gasteiger charge is 2.16. The Labute approximate surface area is 153 Å². The summed E-state index contributed by atoms with van der Waals surface area (Å²) < 4.78 is 1.81. The van der Waals surface area contributed by atoms with Crippen molar-refractivity contribution in [3.05, 3.63) is 59.9 Å². The second-order valence-electron chi connectivity index (χ2n) is 4.86. The zero-order valence-corrected chi connectivity index (χ0v) is 15.2. The molecular formula is C16H14ClN5S2. The Morgan fingerprint density at radius 2 is 1.96 bits per heavy atom. The first-order valence-electron chi connectivity index (χ1n) is 6.99. The Kier molecular flexibility index (Phi) is 4.94. The molecule has 0 bridgehead atoms. The smallest absolute Gasteiger partial charge is 0.236 e. The first kappa shape index (κ1) is 16.6. The van der Waals surface area contributed by atoms with E-state index in [0.29, 0.717) is 5.95 Å². The third-order valence-electron chi connectivity index (χ3n) is 3.43. The van der Waals surface area contributed by atoms with Crippen LogP contribution in [0.15, 0.2) is 59.9 Å². The summed E-state index contributed by atoms with van der Waals surface area (Å²) in [7, 11) is 2.03. The molecule has 4 rings (SSSR count). The highest BCUT2D eigenvalue weighted by atomic mass is 35.5. The molecule has 0 amide bonds. The molecule has 122 valence electrons. The van der Waals surface area contributed by atoms with Crippen LogP contribution < -0.4 is 4.90 Å². The van der Waals surface area contributed by atoms with Gasteiger partial charge in [-0.1, -0.05) is 6.07 Å². The van der Waals surface area contributed by atoms with E-state index in [1.165, 1.54) is 0 Å².